The Labute approximate surface area is 161 Å². The zero-order chi connectivity index (χ0) is 21.3. The summed E-state index contributed by atoms with van der Waals surface area (Å²) in [7, 11) is 0. The molecule has 1 unspecified atom stereocenters. The number of hydrogen-bond acceptors (Lipinski definition) is 4. The van der Waals surface area contributed by atoms with Crippen molar-refractivity contribution >= 4 is 5.91 Å². The summed E-state index contributed by atoms with van der Waals surface area (Å²) >= 11 is 0. The van der Waals surface area contributed by atoms with Gasteiger partial charge in [0.1, 0.15) is 17.5 Å². The van der Waals surface area contributed by atoms with Crippen LogP contribution in [0.2, 0.25) is 0 Å². The SMILES string of the molecule is CC(NC(=O)[C@@H]1C[C@H]1c1c(F)cc(F)cc1F)c1cnc(OCC(F)(F)F)cn1. The van der Waals surface area contributed by atoms with Gasteiger partial charge in [-0.1, -0.05) is 0 Å². The van der Waals surface area contributed by atoms with Gasteiger partial charge in [-0.2, -0.15) is 13.2 Å². The standard InChI is InChI=1S/C18H15F6N3O2/c1-8(14-5-26-15(6-25-14)29-7-18(22,23)24)27-17(28)11-4-10(11)16-12(20)2-9(19)3-13(16)21/h2-3,5-6,8,10-11H,4,7H2,1H3,(H,27,28)/t8?,10-,11-/m1/s1. The first kappa shape index (κ1) is 20.9. The van der Waals surface area contributed by atoms with Crippen LogP contribution in [0.1, 0.15) is 36.6 Å². The van der Waals surface area contributed by atoms with Crippen molar-refractivity contribution in [2.45, 2.75) is 31.5 Å². The maximum atomic E-state index is 13.8. The minimum atomic E-state index is -4.51. The van der Waals surface area contributed by atoms with Gasteiger partial charge in [0.2, 0.25) is 11.8 Å². The summed E-state index contributed by atoms with van der Waals surface area (Å²) in [6, 6.07) is 0.467. The maximum absolute atomic E-state index is 13.8. The number of aromatic nitrogens is 2. The van der Waals surface area contributed by atoms with Crippen LogP contribution < -0.4 is 10.1 Å². The first-order valence-corrected chi connectivity index (χ1v) is 8.51. The predicted octanol–water partition coefficient (Wildman–Crippen LogP) is 3.82. The first-order chi connectivity index (χ1) is 13.5. The Hall–Kier alpha value is -2.85. The van der Waals surface area contributed by atoms with Crippen LogP contribution in [-0.4, -0.2) is 28.7 Å². The Bertz CT molecular complexity index is 880. The summed E-state index contributed by atoms with van der Waals surface area (Å²) in [5.74, 6) is -5.33. The molecule has 0 spiro atoms. The predicted molar refractivity (Wildman–Crippen MR) is 87.3 cm³/mol. The van der Waals surface area contributed by atoms with Gasteiger partial charge in [0.05, 0.1) is 24.1 Å². The fourth-order valence-electron chi connectivity index (χ4n) is 2.89. The molecule has 2 aromatic rings. The molecule has 1 aromatic carbocycles. The number of benzene rings is 1. The van der Waals surface area contributed by atoms with Crippen LogP contribution >= 0.6 is 0 Å². The van der Waals surface area contributed by atoms with Crippen LogP contribution in [0.3, 0.4) is 0 Å². The number of halogens is 6. The van der Waals surface area contributed by atoms with E-state index in [2.05, 4.69) is 20.0 Å². The van der Waals surface area contributed by atoms with E-state index in [0.717, 1.165) is 12.4 Å². The molecule has 1 N–H and O–H groups in total. The van der Waals surface area contributed by atoms with Crippen molar-refractivity contribution < 1.29 is 35.9 Å². The van der Waals surface area contributed by atoms with Crippen LogP contribution in [0.5, 0.6) is 5.88 Å². The normalized spacial score (nSPS) is 19.6. The Morgan fingerprint density at radius 3 is 2.41 bits per heavy atom. The molecule has 1 saturated carbocycles. The Kier molecular flexibility index (Phi) is 5.67. The van der Waals surface area contributed by atoms with Crippen molar-refractivity contribution in [2.75, 3.05) is 6.61 Å². The van der Waals surface area contributed by atoms with Crippen molar-refractivity contribution in [1.82, 2.24) is 15.3 Å². The van der Waals surface area contributed by atoms with Crippen molar-refractivity contribution in [3.8, 4) is 5.88 Å². The van der Waals surface area contributed by atoms with Gasteiger partial charge in [-0.25, -0.2) is 18.2 Å². The highest BCUT2D eigenvalue weighted by Crippen LogP contribution is 2.49. The summed E-state index contributed by atoms with van der Waals surface area (Å²) in [6.07, 6.45) is -2.16. The molecule has 1 aliphatic rings. The first-order valence-electron chi connectivity index (χ1n) is 8.51. The lowest BCUT2D eigenvalue weighted by molar-refractivity contribution is -0.154. The van der Waals surface area contributed by atoms with Gasteiger partial charge < -0.3 is 10.1 Å². The van der Waals surface area contributed by atoms with E-state index in [0.29, 0.717) is 12.1 Å². The molecular weight excluding hydrogens is 404 g/mol. The zero-order valence-corrected chi connectivity index (χ0v) is 14.9. The Morgan fingerprint density at radius 1 is 1.21 bits per heavy atom. The number of ether oxygens (including phenoxy) is 1. The fourth-order valence-corrected chi connectivity index (χ4v) is 2.89. The van der Waals surface area contributed by atoms with Crippen molar-refractivity contribution in [3.05, 3.63) is 53.2 Å². The van der Waals surface area contributed by atoms with E-state index in [1.54, 1.807) is 6.92 Å². The molecule has 0 bridgehead atoms. The molecule has 1 fully saturated rings. The summed E-state index contributed by atoms with van der Waals surface area (Å²) in [5.41, 5.74) is -0.0702. The highest BCUT2D eigenvalue weighted by atomic mass is 19.4. The van der Waals surface area contributed by atoms with Crippen LogP contribution in [-0.2, 0) is 4.79 Å². The molecule has 0 saturated heterocycles. The number of alkyl halides is 3. The lowest BCUT2D eigenvalue weighted by Gasteiger charge is -2.14. The minimum absolute atomic E-state index is 0.202. The average Bonchev–Trinajstić information content (AvgIpc) is 3.39. The molecule has 29 heavy (non-hydrogen) atoms. The molecule has 1 heterocycles. The Balaban J connectivity index is 1.58. The second-order valence-corrected chi connectivity index (χ2v) is 6.65. The number of carbonyl (C=O) groups is 1. The Morgan fingerprint density at radius 2 is 1.86 bits per heavy atom. The third-order valence-corrected chi connectivity index (χ3v) is 4.38. The minimum Gasteiger partial charge on any atom is -0.467 e. The largest absolute Gasteiger partial charge is 0.467 e. The molecule has 1 aromatic heterocycles. The lowest BCUT2D eigenvalue weighted by atomic mass is 10.1. The van der Waals surface area contributed by atoms with E-state index >= 15 is 0 Å². The van der Waals surface area contributed by atoms with Gasteiger partial charge in [-0.05, 0) is 13.3 Å². The quantitative estimate of drug-likeness (QED) is 0.724. The molecule has 11 heteroatoms. The van der Waals surface area contributed by atoms with E-state index in [-0.39, 0.29) is 23.6 Å². The number of amides is 1. The zero-order valence-electron chi connectivity index (χ0n) is 14.9. The molecule has 0 radical (unpaired) electrons. The topological polar surface area (TPSA) is 64.1 Å². The highest BCUT2D eigenvalue weighted by molar-refractivity contribution is 5.83. The van der Waals surface area contributed by atoms with Crippen LogP contribution in [0.25, 0.3) is 0 Å². The number of rotatable bonds is 6. The number of nitrogens with one attached hydrogen (secondary N) is 1. The second kappa shape index (κ2) is 7.88. The van der Waals surface area contributed by atoms with E-state index in [1.807, 2.05) is 0 Å². The van der Waals surface area contributed by atoms with E-state index in [1.165, 1.54) is 0 Å². The van der Waals surface area contributed by atoms with Crippen LogP contribution in [0.15, 0.2) is 24.5 Å². The van der Waals surface area contributed by atoms with Crippen molar-refractivity contribution in [3.63, 3.8) is 0 Å². The van der Waals surface area contributed by atoms with Crippen LogP contribution in [0.4, 0.5) is 26.3 Å². The summed E-state index contributed by atoms with van der Waals surface area (Å²) in [6.45, 7) is 0.0570. The number of hydrogen-bond donors (Lipinski definition) is 1. The van der Waals surface area contributed by atoms with Gasteiger partial charge in [0.25, 0.3) is 0 Å². The maximum Gasteiger partial charge on any atom is 0.422 e. The highest BCUT2D eigenvalue weighted by Gasteiger charge is 2.47. The van der Waals surface area contributed by atoms with Gasteiger partial charge in [0, 0.05) is 29.5 Å². The molecule has 156 valence electrons. The molecule has 5 nitrogen and oxygen atoms in total. The molecule has 3 atom stereocenters. The number of nitrogens with zero attached hydrogens (tertiary/aromatic N) is 2. The fraction of sp³-hybridized carbons (Fsp3) is 0.389. The average molecular weight is 419 g/mol. The number of carbonyl (C=O) groups excluding carboxylic acids is 1. The van der Waals surface area contributed by atoms with Gasteiger partial charge in [-0.15, -0.1) is 0 Å². The molecule has 1 amide bonds. The third-order valence-electron chi connectivity index (χ3n) is 4.38. The van der Waals surface area contributed by atoms with Gasteiger partial charge >= 0.3 is 6.18 Å². The van der Waals surface area contributed by atoms with Crippen molar-refractivity contribution in [2.24, 2.45) is 5.92 Å². The van der Waals surface area contributed by atoms with E-state index in [4.69, 9.17) is 0 Å². The van der Waals surface area contributed by atoms with E-state index in [9.17, 15) is 31.1 Å². The summed E-state index contributed by atoms with van der Waals surface area (Å²) in [4.78, 5) is 19.9. The van der Waals surface area contributed by atoms with Gasteiger partial charge in [-0.3, -0.25) is 9.78 Å². The smallest absolute Gasteiger partial charge is 0.422 e. The van der Waals surface area contributed by atoms with Crippen molar-refractivity contribution in [1.29, 1.82) is 0 Å². The molecular formula is C18H15F6N3O2. The van der Waals surface area contributed by atoms with Crippen LogP contribution in [0, 0.1) is 23.4 Å². The second-order valence-electron chi connectivity index (χ2n) is 6.65. The van der Waals surface area contributed by atoms with E-state index < -0.39 is 54.0 Å². The summed E-state index contributed by atoms with van der Waals surface area (Å²) in [5, 5.41) is 2.60. The molecule has 1 aliphatic carbocycles. The molecule has 3 rings (SSSR count). The lowest BCUT2D eigenvalue weighted by Crippen LogP contribution is -2.29. The summed E-state index contributed by atoms with van der Waals surface area (Å²) < 4.78 is 81.4. The molecule has 0 aliphatic heterocycles. The monoisotopic (exact) mass is 419 g/mol. The third kappa shape index (κ3) is 5.15. The van der Waals surface area contributed by atoms with Gasteiger partial charge in [0.15, 0.2) is 6.61 Å².